The summed E-state index contributed by atoms with van der Waals surface area (Å²) in [4.78, 5) is 15.8. The maximum absolute atomic E-state index is 12.6. The first-order chi connectivity index (χ1) is 8.19. The van der Waals surface area contributed by atoms with Crippen molar-refractivity contribution < 1.29 is 14.0 Å². The van der Waals surface area contributed by atoms with Crippen LogP contribution in [0.25, 0.3) is 0 Å². The van der Waals surface area contributed by atoms with Gasteiger partial charge in [-0.3, -0.25) is 4.79 Å². The summed E-state index contributed by atoms with van der Waals surface area (Å²) >= 11 is 5.29. The lowest BCUT2D eigenvalue weighted by atomic mass is 10.1. The lowest BCUT2D eigenvalue weighted by Gasteiger charge is -2.06. The van der Waals surface area contributed by atoms with Crippen molar-refractivity contribution in [3.63, 3.8) is 0 Å². The van der Waals surface area contributed by atoms with Crippen molar-refractivity contribution in [2.45, 2.75) is 26.1 Å². The second-order valence-electron chi connectivity index (χ2n) is 3.37. The highest BCUT2D eigenvalue weighted by Crippen LogP contribution is 2.08. The normalized spacial score (nSPS) is 12.6. The van der Waals surface area contributed by atoms with E-state index in [9.17, 15) is 9.18 Å². The number of hydrogen-bond donors (Lipinski definition) is 0. The Morgan fingerprint density at radius 3 is 2.88 bits per heavy atom. The largest absolute Gasteiger partial charge is 0.383 e. The van der Waals surface area contributed by atoms with Gasteiger partial charge in [0.1, 0.15) is 6.67 Å². The van der Waals surface area contributed by atoms with Crippen LogP contribution in [0.3, 0.4) is 0 Å². The molecule has 3 nitrogen and oxygen atoms in total. The Morgan fingerprint density at radius 1 is 1.59 bits per heavy atom. The quantitative estimate of drug-likeness (QED) is 0.446. The highest BCUT2D eigenvalue weighted by Gasteiger charge is 2.14. The van der Waals surface area contributed by atoms with E-state index in [0.29, 0.717) is 17.5 Å². The number of oxime groups is 1. The molecule has 1 rings (SSSR count). The summed E-state index contributed by atoms with van der Waals surface area (Å²) in [7, 11) is 0. The van der Waals surface area contributed by atoms with Crippen LogP contribution >= 0.6 is 11.6 Å². The Hall–Kier alpha value is -1.42. The van der Waals surface area contributed by atoms with E-state index < -0.39 is 18.0 Å². The van der Waals surface area contributed by atoms with Gasteiger partial charge in [-0.1, -0.05) is 36.3 Å². The molecule has 0 heterocycles. The summed E-state index contributed by atoms with van der Waals surface area (Å²) in [6.07, 6.45) is 1.05. The van der Waals surface area contributed by atoms with E-state index in [-0.39, 0.29) is 0 Å². The van der Waals surface area contributed by atoms with Crippen LogP contribution in [0.15, 0.2) is 29.4 Å². The van der Waals surface area contributed by atoms with Crippen LogP contribution in [0, 0.1) is 0 Å². The fraction of sp³-hybridized carbons (Fsp3) is 0.333. The predicted octanol–water partition coefficient (Wildman–Crippen LogP) is 3.05. The fourth-order valence-corrected chi connectivity index (χ4v) is 1.41. The molecule has 0 spiro atoms. The minimum atomic E-state index is -0.759. The zero-order valence-corrected chi connectivity index (χ0v) is 10.2. The van der Waals surface area contributed by atoms with E-state index in [1.165, 1.54) is 6.21 Å². The zero-order valence-electron chi connectivity index (χ0n) is 9.40. The molecule has 0 bridgehead atoms. The SMILES string of the molecule is CCC(O/N=C/c1ccccc1CF)C(=O)Cl. The third kappa shape index (κ3) is 4.15. The molecule has 17 heavy (non-hydrogen) atoms. The Kier molecular flexibility index (Phi) is 5.63. The van der Waals surface area contributed by atoms with Crippen LogP contribution < -0.4 is 0 Å². The average Bonchev–Trinajstić information content (AvgIpc) is 2.34. The van der Waals surface area contributed by atoms with Crippen molar-refractivity contribution in [2.24, 2.45) is 5.16 Å². The third-order valence-corrected chi connectivity index (χ3v) is 2.45. The third-order valence-electron chi connectivity index (χ3n) is 2.20. The number of carbonyl (C=O) groups excluding carboxylic acids is 1. The maximum Gasteiger partial charge on any atom is 0.265 e. The van der Waals surface area contributed by atoms with Gasteiger partial charge >= 0.3 is 0 Å². The van der Waals surface area contributed by atoms with Gasteiger partial charge in [-0.05, 0) is 23.6 Å². The fourth-order valence-electron chi connectivity index (χ4n) is 1.22. The first-order valence-corrected chi connectivity index (χ1v) is 5.59. The van der Waals surface area contributed by atoms with E-state index in [4.69, 9.17) is 16.4 Å². The van der Waals surface area contributed by atoms with Crippen molar-refractivity contribution >= 4 is 23.1 Å². The van der Waals surface area contributed by atoms with Crippen molar-refractivity contribution in [2.75, 3.05) is 0 Å². The number of hydrogen-bond acceptors (Lipinski definition) is 3. The summed E-state index contributed by atoms with van der Waals surface area (Å²) in [6, 6.07) is 6.88. The van der Waals surface area contributed by atoms with E-state index in [1.54, 1.807) is 31.2 Å². The molecule has 1 aromatic carbocycles. The number of rotatable bonds is 6. The molecular weight excluding hydrogens is 245 g/mol. The molecule has 0 aromatic heterocycles. The van der Waals surface area contributed by atoms with Crippen LogP contribution in [0.5, 0.6) is 0 Å². The van der Waals surface area contributed by atoms with Gasteiger partial charge in [-0.25, -0.2) is 4.39 Å². The molecule has 1 aromatic rings. The molecule has 0 aliphatic heterocycles. The van der Waals surface area contributed by atoms with Crippen LogP contribution in [-0.2, 0) is 16.3 Å². The highest BCUT2D eigenvalue weighted by atomic mass is 35.5. The molecule has 0 radical (unpaired) electrons. The molecule has 0 fully saturated rings. The van der Waals surface area contributed by atoms with Crippen LogP contribution in [0.1, 0.15) is 24.5 Å². The second kappa shape index (κ2) is 7.01. The summed E-state index contributed by atoms with van der Waals surface area (Å²) in [6.45, 7) is 1.18. The summed E-state index contributed by atoms with van der Waals surface area (Å²) in [5.74, 6) is 0. The Morgan fingerprint density at radius 2 is 2.29 bits per heavy atom. The van der Waals surface area contributed by atoms with E-state index in [1.807, 2.05) is 0 Å². The zero-order chi connectivity index (χ0) is 12.7. The van der Waals surface area contributed by atoms with Gasteiger partial charge in [0, 0.05) is 5.56 Å². The molecule has 0 saturated carbocycles. The van der Waals surface area contributed by atoms with Gasteiger partial charge in [-0.15, -0.1) is 0 Å². The van der Waals surface area contributed by atoms with Crippen molar-refractivity contribution in [3.05, 3.63) is 35.4 Å². The first kappa shape index (κ1) is 13.6. The van der Waals surface area contributed by atoms with E-state index in [2.05, 4.69) is 5.16 Å². The predicted molar refractivity (Wildman–Crippen MR) is 64.9 cm³/mol. The molecular formula is C12H13ClFNO2. The lowest BCUT2D eigenvalue weighted by molar-refractivity contribution is -0.122. The van der Waals surface area contributed by atoms with Gasteiger partial charge in [0.25, 0.3) is 5.24 Å². The summed E-state index contributed by atoms with van der Waals surface area (Å²) in [5.41, 5.74) is 1.14. The molecule has 0 N–H and O–H groups in total. The molecule has 0 aliphatic rings. The van der Waals surface area contributed by atoms with E-state index in [0.717, 1.165) is 0 Å². The minimum absolute atomic E-state index is 0.435. The van der Waals surface area contributed by atoms with Crippen LogP contribution in [0.2, 0.25) is 0 Å². The maximum atomic E-state index is 12.6. The first-order valence-electron chi connectivity index (χ1n) is 5.21. The van der Waals surface area contributed by atoms with Crippen molar-refractivity contribution in [1.29, 1.82) is 0 Å². The molecule has 1 atom stereocenters. The summed E-state index contributed by atoms with van der Waals surface area (Å²) in [5, 5.41) is 3.05. The van der Waals surface area contributed by atoms with Gasteiger partial charge in [0.05, 0.1) is 6.21 Å². The Balaban J connectivity index is 2.67. The molecule has 5 heteroatoms. The highest BCUT2D eigenvalue weighted by molar-refractivity contribution is 6.64. The standard InChI is InChI=1S/C12H13ClFNO2/c1-2-11(12(13)16)17-15-8-10-6-4-3-5-9(10)7-14/h3-6,8,11H,2,7H2,1H3/b15-8+. The molecule has 92 valence electrons. The number of halogens is 2. The van der Waals surface area contributed by atoms with Gasteiger partial charge in [0.15, 0.2) is 6.10 Å². The summed E-state index contributed by atoms with van der Waals surface area (Å²) < 4.78 is 12.6. The monoisotopic (exact) mass is 257 g/mol. The van der Waals surface area contributed by atoms with Gasteiger partial charge in [0.2, 0.25) is 0 Å². The number of benzene rings is 1. The molecule has 0 saturated heterocycles. The Bertz CT molecular complexity index is 409. The minimum Gasteiger partial charge on any atom is -0.383 e. The Labute approximate surface area is 104 Å². The molecule has 0 aliphatic carbocycles. The number of carbonyl (C=O) groups is 1. The van der Waals surface area contributed by atoms with Crippen molar-refractivity contribution in [3.8, 4) is 0 Å². The van der Waals surface area contributed by atoms with Crippen LogP contribution in [0.4, 0.5) is 4.39 Å². The number of nitrogens with zero attached hydrogens (tertiary/aromatic N) is 1. The van der Waals surface area contributed by atoms with Gasteiger partial charge in [-0.2, -0.15) is 0 Å². The molecule has 1 unspecified atom stereocenters. The number of alkyl halides is 1. The molecule has 0 amide bonds. The topological polar surface area (TPSA) is 38.7 Å². The van der Waals surface area contributed by atoms with E-state index >= 15 is 0 Å². The smallest absolute Gasteiger partial charge is 0.265 e. The lowest BCUT2D eigenvalue weighted by Crippen LogP contribution is -2.16. The van der Waals surface area contributed by atoms with Gasteiger partial charge < -0.3 is 4.84 Å². The second-order valence-corrected chi connectivity index (χ2v) is 3.75. The van der Waals surface area contributed by atoms with Crippen LogP contribution in [-0.4, -0.2) is 17.6 Å². The average molecular weight is 258 g/mol. The van der Waals surface area contributed by atoms with Crippen molar-refractivity contribution in [1.82, 2.24) is 0 Å².